The summed E-state index contributed by atoms with van der Waals surface area (Å²) in [5.41, 5.74) is 11.7. The quantitative estimate of drug-likeness (QED) is 0.103. The number of carbonyl (C=O) groups excluding carboxylic acids is 3. The molecule has 0 aromatic carbocycles. The van der Waals surface area contributed by atoms with E-state index in [1.54, 1.807) is 0 Å². The molecule has 0 spiro atoms. The number of imidazole rings is 1. The van der Waals surface area contributed by atoms with Gasteiger partial charge in [0.25, 0.3) is 0 Å². The molecule has 1 rings (SSSR count). The van der Waals surface area contributed by atoms with Crippen molar-refractivity contribution in [3.8, 4) is 0 Å². The van der Waals surface area contributed by atoms with Crippen LogP contribution in [0.2, 0.25) is 0 Å². The standard InChI is InChI=1S/C19H31N7O8/c20-4-2-1-3-12(19(33)34)24-17(31)13(6-15(28)29)25-18(32)14(8-27)26-16(30)11(21)5-10-7-22-9-23-10/h7,9,11-14,27H,1-6,8,20-21H2,(H,22,23)(H,24,31)(H,25,32)(H,26,30)(H,28,29)(H,33,34). The Morgan fingerprint density at radius 2 is 1.59 bits per heavy atom. The number of carbonyl (C=O) groups is 5. The maximum Gasteiger partial charge on any atom is 0.326 e. The predicted octanol–water partition coefficient (Wildman–Crippen LogP) is -3.59. The number of aromatic nitrogens is 2. The SMILES string of the molecule is NCCCCC(NC(=O)C(CC(=O)O)NC(=O)C(CO)NC(=O)C(N)Cc1cnc[nH]1)C(=O)O. The van der Waals surface area contributed by atoms with Crippen molar-refractivity contribution in [3.05, 3.63) is 18.2 Å². The highest BCUT2D eigenvalue weighted by molar-refractivity contribution is 5.95. The molecule has 1 aromatic rings. The first-order chi connectivity index (χ1) is 16.1. The number of rotatable bonds is 16. The van der Waals surface area contributed by atoms with Crippen LogP contribution in [-0.2, 0) is 30.4 Å². The maximum atomic E-state index is 12.5. The fraction of sp³-hybridized carbons (Fsp3) is 0.579. The molecule has 11 N–H and O–H groups in total. The van der Waals surface area contributed by atoms with Gasteiger partial charge < -0.3 is 47.7 Å². The van der Waals surface area contributed by atoms with E-state index < -0.39 is 66.9 Å². The zero-order valence-electron chi connectivity index (χ0n) is 18.4. The number of nitrogens with one attached hydrogen (secondary N) is 4. The highest BCUT2D eigenvalue weighted by Gasteiger charge is 2.31. The van der Waals surface area contributed by atoms with Gasteiger partial charge in [0.1, 0.15) is 18.1 Å². The highest BCUT2D eigenvalue weighted by Crippen LogP contribution is 2.04. The first-order valence-corrected chi connectivity index (χ1v) is 10.5. The van der Waals surface area contributed by atoms with Gasteiger partial charge in [-0.1, -0.05) is 0 Å². The minimum atomic E-state index is -1.66. The van der Waals surface area contributed by atoms with Crippen LogP contribution in [0.3, 0.4) is 0 Å². The van der Waals surface area contributed by atoms with Crippen LogP contribution < -0.4 is 27.4 Å². The smallest absolute Gasteiger partial charge is 0.326 e. The van der Waals surface area contributed by atoms with Crippen molar-refractivity contribution in [2.75, 3.05) is 13.2 Å². The second kappa shape index (κ2) is 14.6. The summed E-state index contributed by atoms with van der Waals surface area (Å²) in [7, 11) is 0. The van der Waals surface area contributed by atoms with Crippen LogP contribution in [0.25, 0.3) is 0 Å². The molecule has 3 amide bonds. The summed E-state index contributed by atoms with van der Waals surface area (Å²) in [6.07, 6.45) is 3.03. The van der Waals surface area contributed by atoms with E-state index in [9.17, 15) is 34.2 Å². The number of amides is 3. The number of aliphatic hydroxyl groups excluding tert-OH is 1. The second-order valence-electron chi connectivity index (χ2n) is 7.47. The summed E-state index contributed by atoms with van der Waals surface area (Å²) in [5.74, 6) is -5.66. The van der Waals surface area contributed by atoms with E-state index >= 15 is 0 Å². The largest absolute Gasteiger partial charge is 0.481 e. The van der Waals surface area contributed by atoms with Gasteiger partial charge in [-0.3, -0.25) is 19.2 Å². The number of carboxylic acids is 2. The molecule has 0 bridgehead atoms. The summed E-state index contributed by atoms with van der Waals surface area (Å²) in [6.45, 7) is -0.537. The third-order valence-corrected chi connectivity index (χ3v) is 4.72. The molecule has 15 nitrogen and oxygen atoms in total. The molecule has 34 heavy (non-hydrogen) atoms. The number of aliphatic carboxylic acids is 2. The van der Waals surface area contributed by atoms with Crippen LogP contribution in [0, 0.1) is 0 Å². The molecule has 0 aliphatic carbocycles. The van der Waals surface area contributed by atoms with Gasteiger partial charge in [-0.15, -0.1) is 0 Å². The minimum absolute atomic E-state index is 0.0511. The lowest BCUT2D eigenvalue weighted by molar-refractivity contribution is -0.144. The zero-order valence-corrected chi connectivity index (χ0v) is 18.4. The van der Waals surface area contributed by atoms with Crippen LogP contribution in [0.15, 0.2) is 12.5 Å². The van der Waals surface area contributed by atoms with E-state index in [0.717, 1.165) is 0 Å². The van der Waals surface area contributed by atoms with Crippen molar-refractivity contribution in [2.24, 2.45) is 11.5 Å². The molecule has 1 aromatic heterocycles. The highest BCUT2D eigenvalue weighted by atomic mass is 16.4. The number of hydrogen-bond acceptors (Lipinski definition) is 9. The van der Waals surface area contributed by atoms with Crippen LogP contribution >= 0.6 is 0 Å². The van der Waals surface area contributed by atoms with Gasteiger partial charge in [0, 0.05) is 18.3 Å². The van der Waals surface area contributed by atoms with E-state index in [0.29, 0.717) is 25.1 Å². The molecule has 0 saturated carbocycles. The number of H-pyrrole nitrogens is 1. The van der Waals surface area contributed by atoms with Gasteiger partial charge in [-0.2, -0.15) is 0 Å². The molecule has 4 atom stereocenters. The van der Waals surface area contributed by atoms with Gasteiger partial charge in [-0.25, -0.2) is 9.78 Å². The monoisotopic (exact) mass is 485 g/mol. The van der Waals surface area contributed by atoms with Crippen molar-refractivity contribution >= 4 is 29.7 Å². The van der Waals surface area contributed by atoms with Crippen molar-refractivity contribution < 1.29 is 39.3 Å². The van der Waals surface area contributed by atoms with Gasteiger partial charge in [-0.05, 0) is 25.8 Å². The zero-order chi connectivity index (χ0) is 25.7. The fourth-order valence-electron chi connectivity index (χ4n) is 2.88. The average molecular weight is 485 g/mol. The summed E-state index contributed by atoms with van der Waals surface area (Å²) in [5, 5.41) is 34.4. The molecule has 0 saturated heterocycles. The lowest BCUT2D eigenvalue weighted by atomic mass is 10.1. The van der Waals surface area contributed by atoms with Crippen LogP contribution in [0.1, 0.15) is 31.4 Å². The number of nitrogens with two attached hydrogens (primary N) is 2. The molecular weight excluding hydrogens is 454 g/mol. The molecule has 190 valence electrons. The first-order valence-electron chi connectivity index (χ1n) is 10.5. The van der Waals surface area contributed by atoms with E-state index in [-0.39, 0.29) is 12.8 Å². The predicted molar refractivity (Wildman–Crippen MR) is 116 cm³/mol. The van der Waals surface area contributed by atoms with Gasteiger partial charge >= 0.3 is 11.9 Å². The van der Waals surface area contributed by atoms with E-state index in [4.69, 9.17) is 16.6 Å². The molecule has 0 radical (unpaired) electrons. The van der Waals surface area contributed by atoms with E-state index in [1.807, 2.05) is 0 Å². The summed E-state index contributed by atoms with van der Waals surface area (Å²) in [4.78, 5) is 66.5. The summed E-state index contributed by atoms with van der Waals surface area (Å²) >= 11 is 0. The normalized spacial score (nSPS) is 14.3. The van der Waals surface area contributed by atoms with Crippen molar-refractivity contribution in [1.29, 1.82) is 0 Å². The summed E-state index contributed by atoms with van der Waals surface area (Å²) < 4.78 is 0. The number of carboxylic acid groups (broad SMARTS) is 2. The Bertz CT molecular complexity index is 833. The number of aliphatic hydroxyl groups is 1. The van der Waals surface area contributed by atoms with Crippen molar-refractivity contribution in [3.63, 3.8) is 0 Å². The number of hydrogen-bond donors (Lipinski definition) is 9. The first kappa shape index (κ1) is 28.5. The molecule has 0 aliphatic heterocycles. The van der Waals surface area contributed by atoms with Gasteiger partial charge in [0.15, 0.2) is 0 Å². The fourth-order valence-corrected chi connectivity index (χ4v) is 2.88. The Balaban J connectivity index is 2.80. The third kappa shape index (κ3) is 9.93. The van der Waals surface area contributed by atoms with Crippen LogP contribution in [0.4, 0.5) is 0 Å². The molecule has 15 heteroatoms. The summed E-state index contributed by atoms with van der Waals surface area (Å²) in [6, 6.07) is -5.61. The number of nitrogens with zero attached hydrogens (tertiary/aromatic N) is 1. The third-order valence-electron chi connectivity index (χ3n) is 4.72. The molecule has 4 unspecified atom stereocenters. The van der Waals surface area contributed by atoms with Crippen molar-refractivity contribution in [1.82, 2.24) is 25.9 Å². The lowest BCUT2D eigenvalue weighted by Crippen LogP contribution is -2.58. The number of aromatic amines is 1. The Morgan fingerprint density at radius 3 is 2.12 bits per heavy atom. The topological polar surface area (TPSA) is 263 Å². The molecule has 0 fully saturated rings. The lowest BCUT2D eigenvalue weighted by Gasteiger charge is -2.23. The Morgan fingerprint density at radius 1 is 0.971 bits per heavy atom. The van der Waals surface area contributed by atoms with Gasteiger partial charge in [0.05, 0.1) is 25.4 Å². The Kier molecular flexibility index (Phi) is 12.2. The molecule has 1 heterocycles. The minimum Gasteiger partial charge on any atom is -0.481 e. The van der Waals surface area contributed by atoms with Crippen LogP contribution in [0.5, 0.6) is 0 Å². The Hall–Kier alpha value is -3.56. The average Bonchev–Trinajstić information content (AvgIpc) is 3.28. The van der Waals surface area contributed by atoms with E-state index in [2.05, 4.69) is 25.9 Å². The number of unbranched alkanes of at least 4 members (excludes halogenated alkanes) is 1. The Labute approximate surface area is 194 Å². The van der Waals surface area contributed by atoms with Gasteiger partial charge in [0.2, 0.25) is 17.7 Å². The molecular formula is C19H31N7O8. The maximum absolute atomic E-state index is 12.5. The van der Waals surface area contributed by atoms with Crippen LogP contribution in [-0.4, -0.2) is 92.3 Å². The molecule has 0 aliphatic rings. The van der Waals surface area contributed by atoms with Crippen molar-refractivity contribution in [2.45, 2.75) is 56.3 Å². The second-order valence-corrected chi connectivity index (χ2v) is 7.47. The van der Waals surface area contributed by atoms with E-state index in [1.165, 1.54) is 12.5 Å².